The summed E-state index contributed by atoms with van der Waals surface area (Å²) in [6, 6.07) is 12.4. The molecular weight excluding hydrogens is 300 g/mol. The predicted octanol–water partition coefficient (Wildman–Crippen LogP) is 2.55. The maximum absolute atomic E-state index is 11.4. The van der Waals surface area contributed by atoms with E-state index in [4.69, 9.17) is 19.3 Å². The molecule has 0 amide bonds. The lowest BCUT2D eigenvalue weighted by Gasteiger charge is -2.14. The van der Waals surface area contributed by atoms with Gasteiger partial charge in [0.2, 0.25) is 0 Å². The Labute approximate surface area is 133 Å². The molecule has 2 aromatic carbocycles. The molecule has 6 heteroatoms. The van der Waals surface area contributed by atoms with Crippen molar-refractivity contribution < 1.29 is 28.9 Å². The summed E-state index contributed by atoms with van der Waals surface area (Å²) in [7, 11) is 1.46. The fourth-order valence-electron chi connectivity index (χ4n) is 1.92. The SMILES string of the molecule is COc1cc(OCC(=O)O)c(C=O)c(OCc2ccccc2)c1. The van der Waals surface area contributed by atoms with Gasteiger partial charge in [-0.25, -0.2) is 4.79 Å². The van der Waals surface area contributed by atoms with E-state index in [2.05, 4.69) is 0 Å². The van der Waals surface area contributed by atoms with E-state index >= 15 is 0 Å². The van der Waals surface area contributed by atoms with Crippen molar-refractivity contribution in [2.45, 2.75) is 6.61 Å². The summed E-state index contributed by atoms with van der Waals surface area (Å²) in [4.78, 5) is 22.0. The summed E-state index contributed by atoms with van der Waals surface area (Å²) in [5, 5.41) is 8.71. The Bertz CT molecular complexity index is 681. The fourth-order valence-corrected chi connectivity index (χ4v) is 1.92. The standard InChI is InChI=1S/C17H16O6/c1-21-13-7-15(22-10-12-5-3-2-4-6-12)14(9-18)16(8-13)23-11-17(19)20/h2-9H,10-11H2,1H3,(H,19,20). The van der Waals surface area contributed by atoms with Crippen LogP contribution < -0.4 is 14.2 Å². The molecule has 2 rings (SSSR count). The number of hydrogen-bond donors (Lipinski definition) is 1. The van der Waals surface area contributed by atoms with Crippen LogP contribution in [0.4, 0.5) is 0 Å². The topological polar surface area (TPSA) is 82.1 Å². The molecule has 0 atom stereocenters. The zero-order valence-electron chi connectivity index (χ0n) is 12.5. The molecule has 0 fully saturated rings. The first-order chi connectivity index (χ1) is 11.1. The minimum atomic E-state index is -1.14. The van der Waals surface area contributed by atoms with Crippen molar-refractivity contribution >= 4 is 12.3 Å². The molecule has 1 N–H and O–H groups in total. The summed E-state index contributed by atoms with van der Waals surface area (Å²) in [5.41, 5.74) is 1.07. The Kier molecular flexibility index (Phi) is 5.57. The second-order valence-electron chi connectivity index (χ2n) is 4.61. The van der Waals surface area contributed by atoms with Crippen molar-refractivity contribution in [2.75, 3.05) is 13.7 Å². The number of carbonyl (C=O) groups is 2. The van der Waals surface area contributed by atoms with Crippen molar-refractivity contribution in [1.29, 1.82) is 0 Å². The van der Waals surface area contributed by atoms with Gasteiger partial charge in [0, 0.05) is 12.1 Å². The minimum Gasteiger partial charge on any atom is -0.496 e. The van der Waals surface area contributed by atoms with Gasteiger partial charge in [0.05, 0.1) is 12.7 Å². The van der Waals surface area contributed by atoms with Gasteiger partial charge in [0.25, 0.3) is 0 Å². The summed E-state index contributed by atoms with van der Waals surface area (Å²) in [5.74, 6) is -0.371. The second kappa shape index (κ2) is 7.84. The van der Waals surface area contributed by atoms with Gasteiger partial charge in [-0.1, -0.05) is 30.3 Å². The van der Waals surface area contributed by atoms with E-state index < -0.39 is 12.6 Å². The number of hydrogen-bond acceptors (Lipinski definition) is 5. The first-order valence-corrected chi connectivity index (χ1v) is 6.82. The molecule has 0 bridgehead atoms. The van der Waals surface area contributed by atoms with Crippen LogP contribution in [0, 0.1) is 0 Å². The third-order valence-electron chi connectivity index (χ3n) is 3.02. The van der Waals surface area contributed by atoms with Crippen LogP contribution >= 0.6 is 0 Å². The van der Waals surface area contributed by atoms with Crippen molar-refractivity contribution in [3.63, 3.8) is 0 Å². The van der Waals surface area contributed by atoms with Gasteiger partial charge >= 0.3 is 5.97 Å². The molecule has 0 spiro atoms. The molecule has 0 aliphatic rings. The van der Waals surface area contributed by atoms with E-state index in [0.29, 0.717) is 12.0 Å². The lowest BCUT2D eigenvalue weighted by molar-refractivity contribution is -0.139. The monoisotopic (exact) mass is 316 g/mol. The van der Waals surface area contributed by atoms with Crippen LogP contribution in [0.2, 0.25) is 0 Å². The van der Waals surface area contributed by atoms with Crippen LogP contribution in [0.15, 0.2) is 42.5 Å². The van der Waals surface area contributed by atoms with Crippen LogP contribution in [0.1, 0.15) is 15.9 Å². The maximum Gasteiger partial charge on any atom is 0.341 e. The molecule has 120 valence electrons. The number of ether oxygens (including phenoxy) is 3. The van der Waals surface area contributed by atoms with E-state index in [9.17, 15) is 9.59 Å². The largest absolute Gasteiger partial charge is 0.496 e. The number of carbonyl (C=O) groups excluding carboxylic acids is 1. The quantitative estimate of drug-likeness (QED) is 0.754. The Balaban J connectivity index is 2.27. The van der Waals surface area contributed by atoms with Crippen molar-refractivity contribution in [2.24, 2.45) is 0 Å². The highest BCUT2D eigenvalue weighted by molar-refractivity contribution is 5.84. The van der Waals surface area contributed by atoms with Gasteiger partial charge in [-0.15, -0.1) is 0 Å². The first-order valence-electron chi connectivity index (χ1n) is 6.82. The summed E-state index contributed by atoms with van der Waals surface area (Å²) >= 11 is 0. The smallest absolute Gasteiger partial charge is 0.341 e. The molecule has 0 saturated carbocycles. The Hall–Kier alpha value is -3.02. The Morgan fingerprint density at radius 3 is 2.35 bits per heavy atom. The summed E-state index contributed by atoms with van der Waals surface area (Å²) in [6.07, 6.45) is 0.566. The molecule has 0 saturated heterocycles. The number of carboxylic acids is 1. The first kappa shape index (κ1) is 16.4. The van der Waals surface area contributed by atoms with Crippen LogP contribution in [0.3, 0.4) is 0 Å². The lowest BCUT2D eigenvalue weighted by atomic mass is 10.1. The van der Waals surface area contributed by atoms with Crippen molar-refractivity contribution in [3.05, 3.63) is 53.6 Å². The van der Waals surface area contributed by atoms with Gasteiger partial charge in [-0.3, -0.25) is 4.79 Å². The van der Waals surface area contributed by atoms with E-state index in [1.54, 1.807) is 6.07 Å². The number of benzene rings is 2. The van der Waals surface area contributed by atoms with Gasteiger partial charge < -0.3 is 19.3 Å². The van der Waals surface area contributed by atoms with Gasteiger partial charge in [-0.05, 0) is 5.56 Å². The third kappa shape index (κ3) is 4.47. The summed E-state index contributed by atoms with van der Waals surface area (Å²) in [6.45, 7) is -0.306. The second-order valence-corrected chi connectivity index (χ2v) is 4.61. The van der Waals surface area contributed by atoms with Crippen LogP contribution in [-0.2, 0) is 11.4 Å². The van der Waals surface area contributed by atoms with Gasteiger partial charge in [0.1, 0.15) is 23.9 Å². The number of aldehydes is 1. The normalized spacial score (nSPS) is 9.96. The molecule has 0 heterocycles. The number of carboxylic acid groups (broad SMARTS) is 1. The molecule has 2 aromatic rings. The molecule has 0 aliphatic heterocycles. The lowest BCUT2D eigenvalue weighted by Crippen LogP contribution is -2.11. The molecule has 23 heavy (non-hydrogen) atoms. The van der Waals surface area contributed by atoms with E-state index in [0.717, 1.165) is 5.56 Å². The predicted molar refractivity (Wildman–Crippen MR) is 82.3 cm³/mol. The molecular formula is C17H16O6. The molecule has 6 nitrogen and oxygen atoms in total. The fraction of sp³-hybridized carbons (Fsp3) is 0.176. The average Bonchev–Trinajstić information content (AvgIpc) is 2.58. The molecule has 0 aliphatic carbocycles. The van der Waals surface area contributed by atoms with Gasteiger partial charge in [-0.2, -0.15) is 0 Å². The van der Waals surface area contributed by atoms with Crippen LogP contribution in [-0.4, -0.2) is 31.1 Å². The van der Waals surface area contributed by atoms with Crippen molar-refractivity contribution in [3.8, 4) is 17.2 Å². The van der Waals surface area contributed by atoms with E-state index in [1.165, 1.54) is 13.2 Å². The molecule has 0 unspecified atom stereocenters. The number of rotatable bonds is 8. The maximum atomic E-state index is 11.4. The van der Waals surface area contributed by atoms with Crippen LogP contribution in [0.5, 0.6) is 17.2 Å². The highest BCUT2D eigenvalue weighted by atomic mass is 16.5. The highest BCUT2D eigenvalue weighted by Gasteiger charge is 2.15. The number of methoxy groups -OCH3 is 1. The zero-order valence-corrected chi connectivity index (χ0v) is 12.5. The molecule has 0 aromatic heterocycles. The Morgan fingerprint density at radius 1 is 1.13 bits per heavy atom. The van der Waals surface area contributed by atoms with Gasteiger partial charge in [0.15, 0.2) is 12.9 Å². The number of aliphatic carboxylic acids is 1. The molecule has 0 radical (unpaired) electrons. The third-order valence-corrected chi connectivity index (χ3v) is 3.02. The van der Waals surface area contributed by atoms with E-state index in [-0.39, 0.29) is 23.7 Å². The summed E-state index contributed by atoms with van der Waals surface area (Å²) < 4.78 is 15.9. The average molecular weight is 316 g/mol. The minimum absolute atomic E-state index is 0.102. The van der Waals surface area contributed by atoms with E-state index in [1.807, 2.05) is 30.3 Å². The highest BCUT2D eigenvalue weighted by Crippen LogP contribution is 2.33. The Morgan fingerprint density at radius 2 is 1.78 bits per heavy atom. The van der Waals surface area contributed by atoms with Crippen molar-refractivity contribution in [1.82, 2.24) is 0 Å². The van der Waals surface area contributed by atoms with Crippen LogP contribution in [0.25, 0.3) is 0 Å². The zero-order chi connectivity index (χ0) is 16.7.